The summed E-state index contributed by atoms with van der Waals surface area (Å²) in [5.41, 5.74) is 0.311. The number of unbranched alkanes of at least 4 members (excludes halogenated alkanes) is 2. The molecule has 0 amide bonds. The predicted molar refractivity (Wildman–Crippen MR) is 77.6 cm³/mol. The largest absolute Gasteiger partial charge is 0.357 e. The number of aliphatic imine (C=N–C) groups is 1. The van der Waals surface area contributed by atoms with E-state index in [2.05, 4.69) is 33.0 Å². The molecule has 0 aliphatic rings. The first-order valence-electron chi connectivity index (χ1n) is 6.88. The second-order valence-corrected chi connectivity index (χ2v) is 5.69. The second kappa shape index (κ2) is 8.37. The molecular formula is C14H31N3. The molecule has 0 fully saturated rings. The molecule has 3 nitrogen and oxygen atoms in total. The first-order valence-corrected chi connectivity index (χ1v) is 6.88. The van der Waals surface area contributed by atoms with Crippen LogP contribution in [0.3, 0.4) is 0 Å². The molecule has 1 N–H and O–H groups in total. The molecule has 3 heteroatoms. The fraction of sp³-hybridized carbons (Fsp3) is 0.929. The summed E-state index contributed by atoms with van der Waals surface area (Å²) in [6, 6.07) is 0. The third kappa shape index (κ3) is 8.06. The normalized spacial score (nSPS) is 12.7. The minimum Gasteiger partial charge on any atom is -0.357 e. The van der Waals surface area contributed by atoms with Gasteiger partial charge in [-0.3, -0.25) is 4.99 Å². The smallest absolute Gasteiger partial charge is 0.193 e. The topological polar surface area (TPSA) is 27.6 Å². The van der Waals surface area contributed by atoms with Crippen LogP contribution in [0, 0.1) is 5.41 Å². The second-order valence-electron chi connectivity index (χ2n) is 5.69. The fourth-order valence-corrected chi connectivity index (χ4v) is 1.74. The van der Waals surface area contributed by atoms with Crippen molar-refractivity contribution in [3.63, 3.8) is 0 Å². The zero-order chi connectivity index (χ0) is 13.3. The first kappa shape index (κ1) is 16.3. The van der Waals surface area contributed by atoms with Crippen LogP contribution in [-0.4, -0.2) is 38.0 Å². The van der Waals surface area contributed by atoms with Gasteiger partial charge in [-0.2, -0.15) is 0 Å². The lowest BCUT2D eigenvalue weighted by atomic mass is 9.87. The molecule has 0 aromatic carbocycles. The van der Waals surface area contributed by atoms with E-state index in [0.717, 1.165) is 19.0 Å². The van der Waals surface area contributed by atoms with Crippen LogP contribution in [0.1, 0.15) is 53.4 Å². The van der Waals surface area contributed by atoms with Crippen molar-refractivity contribution >= 4 is 5.96 Å². The molecule has 0 radical (unpaired) electrons. The molecule has 0 heterocycles. The van der Waals surface area contributed by atoms with Crippen LogP contribution < -0.4 is 5.32 Å². The summed E-state index contributed by atoms with van der Waals surface area (Å²) in [5, 5.41) is 3.30. The van der Waals surface area contributed by atoms with Gasteiger partial charge < -0.3 is 10.2 Å². The summed E-state index contributed by atoms with van der Waals surface area (Å²) in [7, 11) is 4.07. The summed E-state index contributed by atoms with van der Waals surface area (Å²) < 4.78 is 0. The number of rotatable bonds is 7. The molecule has 0 spiro atoms. The Kier molecular flexibility index (Phi) is 8.01. The number of hydrogen-bond donors (Lipinski definition) is 1. The van der Waals surface area contributed by atoms with Crippen LogP contribution in [0.4, 0.5) is 0 Å². The Bertz CT molecular complexity index is 220. The SMILES string of the molecule is CCCCCC(C)(C)CN=C(NCC)N(C)C. The van der Waals surface area contributed by atoms with Crippen molar-refractivity contribution in [2.24, 2.45) is 10.4 Å². The van der Waals surface area contributed by atoms with E-state index in [1.54, 1.807) is 0 Å². The Labute approximate surface area is 108 Å². The quantitative estimate of drug-likeness (QED) is 0.421. The van der Waals surface area contributed by atoms with Crippen LogP contribution >= 0.6 is 0 Å². The third-order valence-electron chi connectivity index (χ3n) is 2.87. The van der Waals surface area contributed by atoms with E-state index in [1.807, 2.05) is 19.0 Å². The Morgan fingerprint density at radius 2 is 1.82 bits per heavy atom. The maximum atomic E-state index is 4.69. The van der Waals surface area contributed by atoms with Gasteiger partial charge in [0.15, 0.2) is 5.96 Å². The van der Waals surface area contributed by atoms with Gasteiger partial charge >= 0.3 is 0 Å². The van der Waals surface area contributed by atoms with Gasteiger partial charge in [-0.05, 0) is 18.8 Å². The molecule has 0 aliphatic heterocycles. The van der Waals surface area contributed by atoms with E-state index in [1.165, 1.54) is 25.7 Å². The fourth-order valence-electron chi connectivity index (χ4n) is 1.74. The van der Waals surface area contributed by atoms with E-state index in [0.29, 0.717) is 5.41 Å². The van der Waals surface area contributed by atoms with Gasteiger partial charge in [-0.1, -0.05) is 40.0 Å². The zero-order valence-corrected chi connectivity index (χ0v) is 12.6. The summed E-state index contributed by atoms with van der Waals surface area (Å²) >= 11 is 0. The highest BCUT2D eigenvalue weighted by Crippen LogP contribution is 2.24. The molecule has 0 aliphatic carbocycles. The van der Waals surface area contributed by atoms with Gasteiger partial charge in [-0.15, -0.1) is 0 Å². The lowest BCUT2D eigenvalue weighted by molar-refractivity contribution is 0.331. The van der Waals surface area contributed by atoms with Gasteiger partial charge in [0.1, 0.15) is 0 Å². The predicted octanol–water partition coefficient (Wildman–Crippen LogP) is 3.12. The Morgan fingerprint density at radius 3 is 2.29 bits per heavy atom. The van der Waals surface area contributed by atoms with Crippen molar-refractivity contribution in [3.05, 3.63) is 0 Å². The average Bonchev–Trinajstić information content (AvgIpc) is 2.24. The standard InChI is InChI=1S/C14H31N3/c1-7-9-10-11-14(3,4)12-16-13(15-8-2)17(5)6/h7-12H2,1-6H3,(H,15,16). The molecule has 0 saturated carbocycles. The van der Waals surface area contributed by atoms with Gasteiger partial charge in [0.05, 0.1) is 0 Å². The van der Waals surface area contributed by atoms with Gasteiger partial charge in [0, 0.05) is 27.2 Å². The van der Waals surface area contributed by atoms with Gasteiger partial charge in [0.25, 0.3) is 0 Å². The number of hydrogen-bond acceptors (Lipinski definition) is 1. The number of nitrogens with one attached hydrogen (secondary N) is 1. The average molecular weight is 241 g/mol. The minimum absolute atomic E-state index is 0.311. The lowest BCUT2D eigenvalue weighted by Crippen LogP contribution is -2.37. The van der Waals surface area contributed by atoms with Crippen LogP contribution in [-0.2, 0) is 0 Å². The van der Waals surface area contributed by atoms with Crippen molar-refractivity contribution in [2.75, 3.05) is 27.2 Å². The maximum Gasteiger partial charge on any atom is 0.193 e. The van der Waals surface area contributed by atoms with Crippen molar-refractivity contribution in [3.8, 4) is 0 Å². The summed E-state index contributed by atoms with van der Waals surface area (Å²) in [4.78, 5) is 6.74. The van der Waals surface area contributed by atoms with Crippen LogP contribution in [0.5, 0.6) is 0 Å². The van der Waals surface area contributed by atoms with Crippen LogP contribution in [0.25, 0.3) is 0 Å². The molecule has 102 valence electrons. The van der Waals surface area contributed by atoms with Gasteiger partial charge in [0.2, 0.25) is 0 Å². The molecule has 0 atom stereocenters. The highest BCUT2D eigenvalue weighted by molar-refractivity contribution is 5.79. The van der Waals surface area contributed by atoms with Crippen molar-refractivity contribution in [1.29, 1.82) is 0 Å². The van der Waals surface area contributed by atoms with E-state index < -0.39 is 0 Å². The van der Waals surface area contributed by atoms with E-state index in [4.69, 9.17) is 4.99 Å². The minimum atomic E-state index is 0.311. The molecule has 0 saturated heterocycles. The summed E-state index contributed by atoms with van der Waals surface area (Å²) in [5.74, 6) is 0.996. The zero-order valence-electron chi connectivity index (χ0n) is 12.6. The molecule has 0 unspecified atom stereocenters. The Balaban J connectivity index is 4.22. The van der Waals surface area contributed by atoms with Crippen molar-refractivity contribution < 1.29 is 0 Å². The third-order valence-corrected chi connectivity index (χ3v) is 2.87. The van der Waals surface area contributed by atoms with Gasteiger partial charge in [-0.25, -0.2) is 0 Å². The lowest BCUT2D eigenvalue weighted by Gasteiger charge is -2.24. The van der Waals surface area contributed by atoms with Crippen LogP contribution in [0.2, 0.25) is 0 Å². The van der Waals surface area contributed by atoms with Crippen molar-refractivity contribution in [1.82, 2.24) is 10.2 Å². The molecule has 0 aromatic heterocycles. The Hall–Kier alpha value is -0.730. The molecular weight excluding hydrogens is 210 g/mol. The van der Waals surface area contributed by atoms with E-state index in [-0.39, 0.29) is 0 Å². The maximum absolute atomic E-state index is 4.69. The highest BCUT2D eigenvalue weighted by Gasteiger charge is 2.17. The molecule has 0 bridgehead atoms. The summed E-state index contributed by atoms with van der Waals surface area (Å²) in [6.45, 7) is 10.8. The van der Waals surface area contributed by atoms with E-state index in [9.17, 15) is 0 Å². The molecule has 17 heavy (non-hydrogen) atoms. The highest BCUT2D eigenvalue weighted by atomic mass is 15.3. The number of guanidine groups is 1. The molecule has 0 rings (SSSR count). The first-order chi connectivity index (χ1) is 7.93. The van der Waals surface area contributed by atoms with Crippen LogP contribution in [0.15, 0.2) is 4.99 Å². The van der Waals surface area contributed by atoms with Crippen molar-refractivity contribution in [2.45, 2.75) is 53.4 Å². The summed E-state index contributed by atoms with van der Waals surface area (Å²) in [6.07, 6.45) is 5.20. The molecule has 0 aromatic rings. The Morgan fingerprint density at radius 1 is 1.18 bits per heavy atom. The number of nitrogens with zero attached hydrogens (tertiary/aromatic N) is 2. The monoisotopic (exact) mass is 241 g/mol. The van der Waals surface area contributed by atoms with E-state index >= 15 is 0 Å².